The van der Waals surface area contributed by atoms with Crippen molar-refractivity contribution in [2.24, 2.45) is 4.99 Å². The Hall–Kier alpha value is -0.980. The number of methoxy groups -OCH3 is 1. The quantitative estimate of drug-likeness (QED) is 0.915. The number of hydrogen-bond acceptors (Lipinski definition) is 4. The van der Waals surface area contributed by atoms with Crippen LogP contribution in [0.4, 0.5) is 0 Å². The maximum atomic E-state index is 5.05. The summed E-state index contributed by atoms with van der Waals surface area (Å²) in [6.45, 7) is 1.29. The van der Waals surface area contributed by atoms with Gasteiger partial charge in [-0.1, -0.05) is 6.08 Å². The lowest BCUT2D eigenvalue weighted by Gasteiger charge is -2.14. The van der Waals surface area contributed by atoms with Crippen molar-refractivity contribution < 1.29 is 4.74 Å². The Morgan fingerprint density at radius 1 is 1.69 bits per heavy atom. The van der Waals surface area contributed by atoms with Gasteiger partial charge in [-0.05, 0) is 15.9 Å². The highest BCUT2D eigenvalue weighted by Gasteiger charge is 2.13. The van der Waals surface area contributed by atoms with Gasteiger partial charge in [0.15, 0.2) is 4.73 Å². The molecule has 1 aromatic heterocycles. The van der Waals surface area contributed by atoms with Gasteiger partial charge < -0.3 is 9.30 Å². The Labute approximate surface area is 102 Å². The lowest BCUT2D eigenvalue weighted by atomic mass is 10.4. The van der Waals surface area contributed by atoms with Crippen molar-refractivity contribution in [3.63, 3.8) is 0 Å². The molecule has 0 saturated heterocycles. The summed E-state index contributed by atoms with van der Waals surface area (Å²) in [5.74, 6) is 0. The summed E-state index contributed by atoms with van der Waals surface area (Å²) in [5.41, 5.74) is 0.891. The lowest BCUT2D eigenvalue weighted by molar-refractivity contribution is 0.181. The Kier molecular flexibility index (Phi) is 3.87. The van der Waals surface area contributed by atoms with E-state index in [2.05, 4.69) is 31.2 Å². The normalized spacial score (nSPS) is 20.0. The van der Waals surface area contributed by atoms with E-state index in [0.29, 0.717) is 6.61 Å². The molecule has 1 N–H and O–H groups in total. The van der Waals surface area contributed by atoms with Gasteiger partial charge in [-0.2, -0.15) is 0 Å². The average Bonchev–Trinajstić information content (AvgIpc) is 2.52. The van der Waals surface area contributed by atoms with Crippen LogP contribution in [-0.2, 0) is 11.3 Å². The minimum Gasteiger partial charge on any atom is -0.378 e. The molecule has 2 rings (SSSR count). The SMILES string of the molecule is COCc1cn(C2C=NC=CCN2)c(Br)n1. The average molecular weight is 285 g/mol. The molecule has 86 valence electrons. The topological polar surface area (TPSA) is 51.4 Å². The monoisotopic (exact) mass is 284 g/mol. The van der Waals surface area contributed by atoms with Gasteiger partial charge in [-0.15, -0.1) is 0 Å². The van der Waals surface area contributed by atoms with Crippen LogP contribution in [0.5, 0.6) is 0 Å². The zero-order valence-electron chi connectivity index (χ0n) is 8.93. The summed E-state index contributed by atoms with van der Waals surface area (Å²) in [6.07, 6.45) is 7.56. The summed E-state index contributed by atoms with van der Waals surface area (Å²) in [5, 5.41) is 3.31. The number of ether oxygens (including phenoxy) is 1. The predicted octanol–water partition coefficient (Wildman–Crippen LogP) is 1.48. The first-order valence-electron chi connectivity index (χ1n) is 4.95. The van der Waals surface area contributed by atoms with Gasteiger partial charge in [0.25, 0.3) is 0 Å². The molecule has 0 radical (unpaired) electrons. The number of aliphatic imine (C=N–C) groups is 1. The largest absolute Gasteiger partial charge is 0.378 e. The van der Waals surface area contributed by atoms with Crippen LogP contribution in [0.3, 0.4) is 0 Å². The number of nitrogens with zero attached hydrogens (tertiary/aromatic N) is 3. The number of imidazole rings is 1. The van der Waals surface area contributed by atoms with Crippen molar-refractivity contribution in [2.75, 3.05) is 13.7 Å². The third-order valence-corrected chi connectivity index (χ3v) is 2.78. The summed E-state index contributed by atoms with van der Waals surface area (Å²) < 4.78 is 7.79. The van der Waals surface area contributed by atoms with Crippen molar-refractivity contribution in [3.8, 4) is 0 Å². The molecule has 0 bridgehead atoms. The first-order chi connectivity index (χ1) is 7.81. The molecule has 0 amide bonds. The van der Waals surface area contributed by atoms with Gasteiger partial charge >= 0.3 is 0 Å². The lowest BCUT2D eigenvalue weighted by Crippen LogP contribution is -2.27. The standard InChI is InChI=1S/C10H13BrN4O/c1-16-7-8-6-15(10(11)14-8)9-5-12-3-2-4-13-9/h2-3,5-6,9,13H,4,7H2,1H3. The number of hydrogen-bond donors (Lipinski definition) is 1. The van der Waals surface area contributed by atoms with Gasteiger partial charge in [0.1, 0.15) is 6.17 Å². The summed E-state index contributed by atoms with van der Waals surface area (Å²) in [4.78, 5) is 8.49. The van der Waals surface area contributed by atoms with E-state index in [-0.39, 0.29) is 6.17 Å². The molecule has 1 aliphatic heterocycles. The van der Waals surface area contributed by atoms with Crippen LogP contribution < -0.4 is 5.32 Å². The Morgan fingerprint density at radius 3 is 3.38 bits per heavy atom. The van der Waals surface area contributed by atoms with Crippen molar-refractivity contribution in [3.05, 3.63) is 28.9 Å². The second kappa shape index (κ2) is 5.38. The number of halogens is 1. The molecule has 1 aliphatic rings. The van der Waals surface area contributed by atoms with Crippen LogP contribution in [0.25, 0.3) is 0 Å². The number of rotatable bonds is 3. The summed E-state index contributed by atoms with van der Waals surface area (Å²) in [7, 11) is 1.65. The van der Waals surface area contributed by atoms with E-state index in [0.717, 1.165) is 17.0 Å². The second-order valence-corrected chi connectivity index (χ2v) is 4.09. The Morgan fingerprint density at radius 2 is 2.56 bits per heavy atom. The van der Waals surface area contributed by atoms with Crippen molar-refractivity contribution in [1.82, 2.24) is 14.9 Å². The fraction of sp³-hybridized carbons (Fsp3) is 0.400. The fourth-order valence-corrected chi connectivity index (χ4v) is 2.04. The fourth-order valence-electron chi connectivity index (χ4n) is 1.49. The molecule has 6 heteroatoms. The van der Waals surface area contributed by atoms with E-state index in [1.807, 2.05) is 23.1 Å². The van der Waals surface area contributed by atoms with Gasteiger partial charge in [-0.3, -0.25) is 10.3 Å². The van der Waals surface area contributed by atoms with E-state index in [1.54, 1.807) is 13.3 Å². The van der Waals surface area contributed by atoms with Crippen LogP contribution in [0, 0.1) is 0 Å². The van der Waals surface area contributed by atoms with Gasteiger partial charge in [-0.25, -0.2) is 4.98 Å². The van der Waals surface area contributed by atoms with Crippen LogP contribution in [0.2, 0.25) is 0 Å². The molecule has 0 saturated carbocycles. The van der Waals surface area contributed by atoms with Crippen molar-refractivity contribution >= 4 is 22.1 Å². The van der Waals surface area contributed by atoms with Crippen LogP contribution in [0.1, 0.15) is 11.9 Å². The maximum Gasteiger partial charge on any atom is 0.179 e. The summed E-state index contributed by atoms with van der Waals surface area (Å²) >= 11 is 3.42. The van der Waals surface area contributed by atoms with E-state index in [4.69, 9.17) is 4.74 Å². The minimum atomic E-state index is 0.0162. The first-order valence-corrected chi connectivity index (χ1v) is 5.74. The molecule has 0 spiro atoms. The van der Waals surface area contributed by atoms with Crippen molar-refractivity contribution in [1.29, 1.82) is 0 Å². The molecule has 0 aromatic carbocycles. The van der Waals surface area contributed by atoms with E-state index >= 15 is 0 Å². The highest BCUT2D eigenvalue weighted by molar-refractivity contribution is 9.10. The van der Waals surface area contributed by atoms with Crippen LogP contribution >= 0.6 is 15.9 Å². The minimum absolute atomic E-state index is 0.0162. The van der Waals surface area contributed by atoms with E-state index in [9.17, 15) is 0 Å². The zero-order valence-corrected chi connectivity index (χ0v) is 10.5. The highest BCUT2D eigenvalue weighted by atomic mass is 79.9. The smallest absolute Gasteiger partial charge is 0.179 e. The third kappa shape index (κ3) is 2.58. The number of nitrogens with one attached hydrogen (secondary N) is 1. The van der Waals surface area contributed by atoms with E-state index in [1.165, 1.54) is 0 Å². The highest BCUT2D eigenvalue weighted by Crippen LogP contribution is 2.15. The second-order valence-electron chi connectivity index (χ2n) is 3.38. The molecule has 1 atom stereocenters. The number of aromatic nitrogens is 2. The molecular weight excluding hydrogens is 272 g/mol. The summed E-state index contributed by atoms with van der Waals surface area (Å²) in [6, 6.07) is 0. The Bertz CT molecular complexity index is 413. The molecule has 0 aliphatic carbocycles. The zero-order chi connectivity index (χ0) is 11.4. The molecule has 0 fully saturated rings. The predicted molar refractivity (Wildman–Crippen MR) is 65.3 cm³/mol. The molecular formula is C10H13BrN4O. The molecule has 16 heavy (non-hydrogen) atoms. The van der Waals surface area contributed by atoms with Crippen LogP contribution in [0.15, 0.2) is 28.2 Å². The van der Waals surface area contributed by atoms with E-state index < -0.39 is 0 Å². The van der Waals surface area contributed by atoms with Crippen molar-refractivity contribution in [2.45, 2.75) is 12.8 Å². The Balaban J connectivity index is 2.19. The van der Waals surface area contributed by atoms with Gasteiger partial charge in [0.2, 0.25) is 0 Å². The molecule has 1 unspecified atom stereocenters. The van der Waals surface area contributed by atoms with Crippen LogP contribution in [-0.4, -0.2) is 29.4 Å². The van der Waals surface area contributed by atoms with Gasteiger partial charge in [0, 0.05) is 32.3 Å². The molecule has 1 aromatic rings. The van der Waals surface area contributed by atoms with Gasteiger partial charge in [0.05, 0.1) is 12.3 Å². The molecule has 2 heterocycles. The first kappa shape index (κ1) is 11.5. The third-order valence-electron chi connectivity index (χ3n) is 2.19. The maximum absolute atomic E-state index is 5.05. The molecule has 5 nitrogen and oxygen atoms in total.